The molecule has 1 heterocycles. The van der Waals surface area contributed by atoms with Gasteiger partial charge >= 0.3 is 0 Å². The van der Waals surface area contributed by atoms with E-state index in [9.17, 15) is 14.9 Å². The van der Waals surface area contributed by atoms with E-state index in [1.165, 1.54) is 30.1 Å². The number of benzene rings is 2. The van der Waals surface area contributed by atoms with Gasteiger partial charge in [-0.15, -0.1) is 10.2 Å². The van der Waals surface area contributed by atoms with Crippen molar-refractivity contribution in [1.82, 2.24) is 20.2 Å². The van der Waals surface area contributed by atoms with Gasteiger partial charge in [0.05, 0.1) is 16.9 Å². The zero-order valence-corrected chi connectivity index (χ0v) is 18.4. The molecule has 3 rings (SSSR count). The number of rotatable bonds is 8. The number of carbonyl (C=O) groups is 1. The second kappa shape index (κ2) is 10.2. The van der Waals surface area contributed by atoms with E-state index in [0.29, 0.717) is 17.3 Å². The molecule has 0 radical (unpaired) electrons. The second-order valence-corrected chi connectivity index (χ2v) is 7.82. The van der Waals surface area contributed by atoms with Crippen LogP contribution in [-0.4, -0.2) is 37.6 Å². The minimum atomic E-state index is -0.580. The molecule has 1 N–H and O–H groups in total. The molecule has 31 heavy (non-hydrogen) atoms. The van der Waals surface area contributed by atoms with E-state index in [4.69, 9.17) is 11.6 Å². The van der Waals surface area contributed by atoms with Crippen LogP contribution in [0.5, 0.6) is 0 Å². The molecule has 0 saturated heterocycles. The van der Waals surface area contributed by atoms with Crippen molar-refractivity contribution in [2.45, 2.75) is 25.5 Å². The monoisotopic (exact) mass is 458 g/mol. The smallest absolute Gasteiger partial charge is 0.288 e. The maximum Gasteiger partial charge on any atom is 0.288 e. The standard InChI is InChI=1S/C20H19ClN6O3S/c1-3-26-19(15-7-4-13(2)5-8-15)24-25-20(26)31-12-18(28)23-22-11-14-6-9-16(21)17(10-14)27(29)30/h4-11H,3,12H2,1-2H3,(H,23,28)/b22-11+. The first-order valence-corrected chi connectivity index (χ1v) is 10.6. The molecule has 0 atom stereocenters. The predicted octanol–water partition coefficient (Wildman–Crippen LogP) is 4.08. The molecule has 9 nitrogen and oxygen atoms in total. The first-order valence-electron chi connectivity index (χ1n) is 9.28. The third-order valence-electron chi connectivity index (χ3n) is 4.24. The first kappa shape index (κ1) is 22.4. The van der Waals surface area contributed by atoms with Crippen LogP contribution in [0.1, 0.15) is 18.1 Å². The summed E-state index contributed by atoms with van der Waals surface area (Å²) >= 11 is 7.03. The molecule has 0 bridgehead atoms. The quantitative estimate of drug-likeness (QED) is 0.235. The Morgan fingerprint density at radius 1 is 1.29 bits per heavy atom. The summed E-state index contributed by atoms with van der Waals surface area (Å²) in [5, 5.41) is 23.9. The SMILES string of the molecule is CCn1c(SCC(=O)N/N=C/c2ccc(Cl)c([N+](=O)[O-])c2)nnc1-c1ccc(C)cc1. The Morgan fingerprint density at radius 3 is 2.71 bits per heavy atom. The van der Waals surface area contributed by atoms with Gasteiger partial charge in [-0.05, 0) is 19.9 Å². The summed E-state index contributed by atoms with van der Waals surface area (Å²) in [6, 6.07) is 12.3. The highest BCUT2D eigenvalue weighted by molar-refractivity contribution is 7.99. The van der Waals surface area contributed by atoms with E-state index in [1.54, 1.807) is 6.07 Å². The Bertz CT molecular complexity index is 1130. The van der Waals surface area contributed by atoms with E-state index in [0.717, 1.165) is 17.0 Å². The van der Waals surface area contributed by atoms with Crippen LogP contribution in [0.4, 0.5) is 5.69 Å². The highest BCUT2D eigenvalue weighted by atomic mass is 35.5. The third-order valence-corrected chi connectivity index (χ3v) is 5.53. The number of halogens is 1. The average Bonchev–Trinajstić information content (AvgIpc) is 3.16. The second-order valence-electron chi connectivity index (χ2n) is 6.47. The van der Waals surface area contributed by atoms with Gasteiger partial charge in [-0.1, -0.05) is 59.3 Å². The lowest BCUT2D eigenvalue weighted by Crippen LogP contribution is -2.20. The molecule has 11 heteroatoms. The van der Waals surface area contributed by atoms with Crippen molar-refractivity contribution in [2.24, 2.45) is 5.10 Å². The van der Waals surface area contributed by atoms with Gasteiger partial charge in [0, 0.05) is 23.7 Å². The van der Waals surface area contributed by atoms with Gasteiger partial charge in [-0.25, -0.2) is 5.43 Å². The lowest BCUT2D eigenvalue weighted by atomic mass is 10.1. The summed E-state index contributed by atoms with van der Waals surface area (Å²) in [6.45, 7) is 4.67. The van der Waals surface area contributed by atoms with Crippen molar-refractivity contribution in [3.8, 4) is 11.4 Å². The van der Waals surface area contributed by atoms with Crippen molar-refractivity contribution < 1.29 is 9.72 Å². The number of nitro benzene ring substituents is 1. The highest BCUT2D eigenvalue weighted by Crippen LogP contribution is 2.25. The molecule has 1 aromatic heterocycles. The number of nitrogens with zero attached hydrogens (tertiary/aromatic N) is 5. The van der Waals surface area contributed by atoms with E-state index < -0.39 is 4.92 Å². The van der Waals surface area contributed by atoms with E-state index in [-0.39, 0.29) is 22.4 Å². The molecule has 0 aliphatic carbocycles. The number of nitro groups is 1. The van der Waals surface area contributed by atoms with Crippen molar-refractivity contribution in [3.05, 3.63) is 68.7 Å². The summed E-state index contributed by atoms with van der Waals surface area (Å²) < 4.78 is 1.94. The van der Waals surface area contributed by atoms with Crippen LogP contribution in [0.15, 0.2) is 52.7 Å². The lowest BCUT2D eigenvalue weighted by Gasteiger charge is -2.07. The van der Waals surface area contributed by atoms with Crippen molar-refractivity contribution in [3.63, 3.8) is 0 Å². The number of aryl methyl sites for hydroxylation is 1. The third kappa shape index (κ3) is 5.68. The Labute approximate surface area is 187 Å². The van der Waals surface area contributed by atoms with Crippen molar-refractivity contribution in [1.29, 1.82) is 0 Å². The predicted molar refractivity (Wildman–Crippen MR) is 120 cm³/mol. The summed E-state index contributed by atoms with van der Waals surface area (Å²) in [5.41, 5.74) is 4.73. The molecule has 160 valence electrons. The van der Waals surface area contributed by atoms with Crippen LogP contribution >= 0.6 is 23.4 Å². The molecule has 0 saturated carbocycles. The highest BCUT2D eigenvalue weighted by Gasteiger charge is 2.15. The topological polar surface area (TPSA) is 115 Å². The Balaban J connectivity index is 1.60. The summed E-state index contributed by atoms with van der Waals surface area (Å²) in [6.07, 6.45) is 1.32. The van der Waals surface area contributed by atoms with E-state index in [1.807, 2.05) is 42.7 Å². The van der Waals surface area contributed by atoms with Gasteiger partial charge < -0.3 is 4.57 Å². The molecule has 0 unspecified atom stereocenters. The summed E-state index contributed by atoms with van der Waals surface area (Å²) in [7, 11) is 0. The van der Waals surface area contributed by atoms with Gasteiger partial charge in [0.25, 0.3) is 11.6 Å². The largest absolute Gasteiger partial charge is 0.302 e. The molecular weight excluding hydrogens is 440 g/mol. The maximum atomic E-state index is 12.1. The fourth-order valence-corrected chi connectivity index (χ4v) is 3.67. The maximum absolute atomic E-state index is 12.1. The molecule has 0 spiro atoms. The number of nitrogens with one attached hydrogen (secondary N) is 1. The zero-order valence-electron chi connectivity index (χ0n) is 16.8. The number of aromatic nitrogens is 3. The summed E-state index contributed by atoms with van der Waals surface area (Å²) in [4.78, 5) is 22.5. The average molecular weight is 459 g/mol. The number of thioether (sulfide) groups is 1. The minimum absolute atomic E-state index is 0.0348. The molecule has 0 aliphatic rings. The number of carbonyl (C=O) groups excluding carboxylic acids is 1. The number of hydrogen-bond acceptors (Lipinski definition) is 7. The number of hydrazone groups is 1. The minimum Gasteiger partial charge on any atom is -0.302 e. The van der Waals surface area contributed by atoms with E-state index >= 15 is 0 Å². The fraction of sp³-hybridized carbons (Fsp3) is 0.200. The van der Waals surface area contributed by atoms with Gasteiger partial charge in [-0.3, -0.25) is 14.9 Å². The van der Waals surface area contributed by atoms with Crippen LogP contribution < -0.4 is 5.43 Å². The molecule has 3 aromatic rings. The number of hydrogen-bond donors (Lipinski definition) is 1. The normalized spacial score (nSPS) is 11.1. The summed E-state index contributed by atoms with van der Waals surface area (Å²) in [5.74, 6) is 0.490. The van der Waals surface area contributed by atoms with Crippen LogP contribution in [-0.2, 0) is 11.3 Å². The van der Waals surface area contributed by atoms with Crippen LogP contribution in [0.3, 0.4) is 0 Å². The van der Waals surface area contributed by atoms with Crippen LogP contribution in [0, 0.1) is 17.0 Å². The van der Waals surface area contributed by atoms with Gasteiger partial charge in [0.15, 0.2) is 11.0 Å². The van der Waals surface area contributed by atoms with Crippen molar-refractivity contribution in [2.75, 3.05) is 5.75 Å². The Hall–Kier alpha value is -3.24. The molecule has 1 amide bonds. The van der Waals surface area contributed by atoms with Gasteiger partial charge in [0.2, 0.25) is 0 Å². The molecule has 2 aromatic carbocycles. The molecule has 0 fully saturated rings. The zero-order chi connectivity index (χ0) is 22.4. The van der Waals surface area contributed by atoms with Crippen LogP contribution in [0.25, 0.3) is 11.4 Å². The Kier molecular flexibility index (Phi) is 7.37. The number of amides is 1. The van der Waals surface area contributed by atoms with Gasteiger partial charge in [0.1, 0.15) is 5.02 Å². The fourth-order valence-electron chi connectivity index (χ4n) is 2.69. The molecule has 0 aliphatic heterocycles. The van der Waals surface area contributed by atoms with E-state index in [2.05, 4.69) is 20.7 Å². The lowest BCUT2D eigenvalue weighted by molar-refractivity contribution is -0.384. The van der Waals surface area contributed by atoms with Gasteiger partial charge in [-0.2, -0.15) is 5.10 Å². The Morgan fingerprint density at radius 2 is 2.03 bits per heavy atom. The van der Waals surface area contributed by atoms with Crippen LogP contribution in [0.2, 0.25) is 5.02 Å². The first-order chi connectivity index (χ1) is 14.9. The van der Waals surface area contributed by atoms with Crippen molar-refractivity contribution >= 4 is 41.2 Å². The molecular formula is C20H19ClN6O3S.